The number of fused-ring (bicyclic) bond motifs is 1. The Labute approximate surface area is 104 Å². The lowest BCUT2D eigenvalue weighted by Gasteiger charge is -2.29. The highest BCUT2D eigenvalue weighted by Gasteiger charge is 2.44. The SMILES string of the molecule is CC(C1CC1)N(C)C(=O)C1NCC2CCCC21. The van der Waals surface area contributed by atoms with Crippen LogP contribution in [0.3, 0.4) is 0 Å². The quantitative estimate of drug-likeness (QED) is 0.808. The first-order valence-electron chi connectivity index (χ1n) is 7.18. The maximum atomic E-state index is 12.5. The van der Waals surface area contributed by atoms with E-state index in [0.29, 0.717) is 17.9 Å². The van der Waals surface area contributed by atoms with E-state index in [4.69, 9.17) is 0 Å². The molecule has 2 saturated carbocycles. The van der Waals surface area contributed by atoms with Gasteiger partial charge in [-0.3, -0.25) is 4.79 Å². The molecule has 3 rings (SSSR count). The number of likely N-dealkylation sites (N-methyl/N-ethyl adjacent to an activating group) is 1. The average Bonchev–Trinajstić information content (AvgIpc) is 2.94. The molecular formula is C14H24N2O. The van der Waals surface area contributed by atoms with Crippen LogP contribution < -0.4 is 5.32 Å². The standard InChI is InChI=1S/C14H24N2O/c1-9(10-6-7-10)16(2)14(17)13-12-5-3-4-11(12)8-15-13/h9-13,15H,3-8H2,1-2H3. The summed E-state index contributed by atoms with van der Waals surface area (Å²) in [6.45, 7) is 3.27. The number of nitrogens with zero attached hydrogens (tertiary/aromatic N) is 1. The number of nitrogens with one attached hydrogen (secondary N) is 1. The van der Waals surface area contributed by atoms with Crippen LogP contribution in [0, 0.1) is 17.8 Å². The van der Waals surface area contributed by atoms with Crippen molar-refractivity contribution >= 4 is 5.91 Å². The van der Waals surface area contributed by atoms with Crippen molar-refractivity contribution < 1.29 is 4.79 Å². The van der Waals surface area contributed by atoms with E-state index in [1.54, 1.807) is 0 Å². The summed E-state index contributed by atoms with van der Waals surface area (Å²) in [5, 5.41) is 3.46. The lowest BCUT2D eigenvalue weighted by Crippen LogP contribution is -2.48. The lowest BCUT2D eigenvalue weighted by molar-refractivity contribution is -0.135. The number of hydrogen-bond donors (Lipinski definition) is 1. The normalized spacial score (nSPS) is 37.9. The van der Waals surface area contributed by atoms with Gasteiger partial charge in [0.25, 0.3) is 0 Å². The van der Waals surface area contributed by atoms with E-state index in [1.165, 1.54) is 32.1 Å². The lowest BCUT2D eigenvalue weighted by atomic mass is 9.93. The summed E-state index contributed by atoms with van der Waals surface area (Å²) in [6.07, 6.45) is 6.51. The molecular weight excluding hydrogens is 212 g/mol. The highest BCUT2D eigenvalue weighted by molar-refractivity contribution is 5.82. The van der Waals surface area contributed by atoms with Crippen molar-refractivity contribution in [1.29, 1.82) is 0 Å². The van der Waals surface area contributed by atoms with Gasteiger partial charge < -0.3 is 10.2 Å². The summed E-state index contributed by atoms with van der Waals surface area (Å²) < 4.78 is 0. The molecule has 1 N–H and O–H groups in total. The topological polar surface area (TPSA) is 32.3 Å². The Hall–Kier alpha value is -0.570. The number of amides is 1. The van der Waals surface area contributed by atoms with Crippen LogP contribution in [0.1, 0.15) is 39.0 Å². The molecule has 4 atom stereocenters. The molecule has 0 aromatic carbocycles. The van der Waals surface area contributed by atoms with Gasteiger partial charge in [0.2, 0.25) is 5.91 Å². The molecule has 1 saturated heterocycles. The molecule has 0 aromatic rings. The van der Waals surface area contributed by atoms with Crippen LogP contribution in [0.25, 0.3) is 0 Å². The first-order chi connectivity index (χ1) is 8.18. The zero-order valence-corrected chi connectivity index (χ0v) is 11.0. The third kappa shape index (κ3) is 1.99. The van der Waals surface area contributed by atoms with Gasteiger partial charge >= 0.3 is 0 Å². The van der Waals surface area contributed by atoms with Crippen molar-refractivity contribution in [3.8, 4) is 0 Å². The minimum atomic E-state index is 0.119. The number of hydrogen-bond acceptors (Lipinski definition) is 2. The maximum absolute atomic E-state index is 12.5. The van der Waals surface area contributed by atoms with Gasteiger partial charge in [0.1, 0.15) is 0 Å². The van der Waals surface area contributed by atoms with Crippen molar-refractivity contribution in [3.05, 3.63) is 0 Å². The molecule has 0 bridgehead atoms. The molecule has 3 aliphatic rings. The molecule has 1 heterocycles. The fourth-order valence-electron chi connectivity index (χ4n) is 3.77. The number of carbonyl (C=O) groups is 1. The zero-order valence-electron chi connectivity index (χ0n) is 11.0. The molecule has 3 heteroatoms. The van der Waals surface area contributed by atoms with E-state index < -0.39 is 0 Å². The minimum absolute atomic E-state index is 0.119. The van der Waals surface area contributed by atoms with Gasteiger partial charge in [-0.2, -0.15) is 0 Å². The van der Waals surface area contributed by atoms with Crippen LogP contribution in [-0.2, 0) is 4.79 Å². The summed E-state index contributed by atoms with van der Waals surface area (Å²) >= 11 is 0. The fraction of sp³-hybridized carbons (Fsp3) is 0.929. The summed E-state index contributed by atoms with van der Waals surface area (Å²) in [5.74, 6) is 2.51. The Balaban J connectivity index is 1.65. The Morgan fingerprint density at radius 2 is 2.06 bits per heavy atom. The second-order valence-electron chi connectivity index (χ2n) is 6.27. The summed E-state index contributed by atoms with van der Waals surface area (Å²) in [7, 11) is 2.00. The highest BCUT2D eigenvalue weighted by atomic mass is 16.2. The van der Waals surface area contributed by atoms with Gasteiger partial charge in [-0.25, -0.2) is 0 Å². The molecule has 1 amide bonds. The summed E-state index contributed by atoms with van der Waals surface area (Å²) in [4.78, 5) is 14.5. The first kappa shape index (κ1) is 11.5. The Bertz CT molecular complexity index is 313. The van der Waals surface area contributed by atoms with Crippen molar-refractivity contribution in [2.45, 2.75) is 51.1 Å². The van der Waals surface area contributed by atoms with Crippen LogP contribution in [0.2, 0.25) is 0 Å². The molecule has 3 fully saturated rings. The van der Waals surface area contributed by atoms with Gasteiger partial charge in [0.05, 0.1) is 6.04 Å². The predicted octanol–water partition coefficient (Wildman–Crippen LogP) is 1.63. The Morgan fingerprint density at radius 3 is 2.76 bits per heavy atom. The third-order valence-corrected chi connectivity index (χ3v) is 5.27. The molecule has 0 radical (unpaired) electrons. The van der Waals surface area contributed by atoms with Crippen LogP contribution in [0.5, 0.6) is 0 Å². The van der Waals surface area contributed by atoms with E-state index in [9.17, 15) is 4.79 Å². The van der Waals surface area contributed by atoms with E-state index in [2.05, 4.69) is 12.2 Å². The molecule has 17 heavy (non-hydrogen) atoms. The molecule has 4 unspecified atom stereocenters. The molecule has 0 aromatic heterocycles. The fourth-order valence-corrected chi connectivity index (χ4v) is 3.77. The van der Waals surface area contributed by atoms with Crippen molar-refractivity contribution in [1.82, 2.24) is 10.2 Å². The van der Waals surface area contributed by atoms with Crippen LogP contribution in [0.15, 0.2) is 0 Å². The van der Waals surface area contributed by atoms with Gasteiger partial charge in [-0.1, -0.05) is 6.42 Å². The van der Waals surface area contributed by atoms with E-state index >= 15 is 0 Å². The van der Waals surface area contributed by atoms with Crippen LogP contribution >= 0.6 is 0 Å². The number of rotatable bonds is 3. The second-order valence-corrected chi connectivity index (χ2v) is 6.27. The van der Waals surface area contributed by atoms with Gasteiger partial charge in [0, 0.05) is 13.1 Å². The minimum Gasteiger partial charge on any atom is -0.341 e. The van der Waals surface area contributed by atoms with Gasteiger partial charge in [0.15, 0.2) is 0 Å². The summed E-state index contributed by atoms with van der Waals surface area (Å²) in [6, 6.07) is 0.554. The van der Waals surface area contributed by atoms with Crippen molar-refractivity contribution in [3.63, 3.8) is 0 Å². The highest BCUT2D eigenvalue weighted by Crippen LogP contribution is 2.39. The van der Waals surface area contributed by atoms with E-state index in [-0.39, 0.29) is 6.04 Å². The molecule has 1 aliphatic heterocycles. The largest absolute Gasteiger partial charge is 0.341 e. The maximum Gasteiger partial charge on any atom is 0.239 e. The Morgan fingerprint density at radius 1 is 1.29 bits per heavy atom. The zero-order chi connectivity index (χ0) is 12.0. The monoisotopic (exact) mass is 236 g/mol. The van der Waals surface area contributed by atoms with E-state index in [1.807, 2.05) is 11.9 Å². The van der Waals surface area contributed by atoms with Gasteiger partial charge in [-0.05, 0) is 56.9 Å². The van der Waals surface area contributed by atoms with Crippen molar-refractivity contribution in [2.24, 2.45) is 17.8 Å². The predicted molar refractivity (Wildman–Crippen MR) is 67.6 cm³/mol. The molecule has 96 valence electrons. The smallest absolute Gasteiger partial charge is 0.239 e. The third-order valence-electron chi connectivity index (χ3n) is 5.27. The van der Waals surface area contributed by atoms with E-state index in [0.717, 1.165) is 18.4 Å². The summed E-state index contributed by atoms with van der Waals surface area (Å²) in [5.41, 5.74) is 0. The second kappa shape index (κ2) is 4.27. The number of carbonyl (C=O) groups excluding carboxylic acids is 1. The first-order valence-corrected chi connectivity index (χ1v) is 7.18. The molecule has 2 aliphatic carbocycles. The van der Waals surface area contributed by atoms with Gasteiger partial charge in [-0.15, -0.1) is 0 Å². The average molecular weight is 236 g/mol. The van der Waals surface area contributed by atoms with Crippen molar-refractivity contribution in [2.75, 3.05) is 13.6 Å². The van der Waals surface area contributed by atoms with Crippen LogP contribution in [-0.4, -0.2) is 36.5 Å². The molecule has 3 nitrogen and oxygen atoms in total. The molecule has 0 spiro atoms. The van der Waals surface area contributed by atoms with Crippen LogP contribution in [0.4, 0.5) is 0 Å². The Kier molecular flexibility index (Phi) is 2.89.